The van der Waals surface area contributed by atoms with Gasteiger partial charge in [-0.1, -0.05) is 28.1 Å². The first-order chi connectivity index (χ1) is 6.65. The van der Waals surface area contributed by atoms with E-state index in [2.05, 4.69) is 22.0 Å². The van der Waals surface area contributed by atoms with Gasteiger partial charge in [-0.2, -0.15) is 0 Å². The molecule has 2 nitrogen and oxygen atoms in total. The Morgan fingerprint density at radius 3 is 2.71 bits per heavy atom. The number of carbonyl (C=O) groups is 1. The highest BCUT2D eigenvalue weighted by atomic mass is 79.9. The first-order valence-electron chi connectivity index (χ1n) is 4.81. The zero-order valence-electron chi connectivity index (χ0n) is 8.55. The Labute approximate surface area is 93.1 Å². The summed E-state index contributed by atoms with van der Waals surface area (Å²) >= 11 is 3.37. The number of ether oxygens (including phenoxy) is 1. The summed E-state index contributed by atoms with van der Waals surface area (Å²) in [5.74, 6) is -0.203. The first-order valence-corrected chi connectivity index (χ1v) is 5.93. The molecule has 1 aliphatic rings. The average molecular weight is 259 g/mol. The van der Waals surface area contributed by atoms with E-state index in [9.17, 15) is 4.79 Å². The molecule has 0 aliphatic heterocycles. The minimum Gasteiger partial charge on any atom is -0.459 e. The van der Waals surface area contributed by atoms with E-state index in [1.807, 2.05) is 19.9 Å². The summed E-state index contributed by atoms with van der Waals surface area (Å²) < 4.78 is 5.15. The van der Waals surface area contributed by atoms with Crippen molar-refractivity contribution in [2.24, 2.45) is 0 Å². The largest absolute Gasteiger partial charge is 0.459 e. The minimum absolute atomic E-state index is 0.0538. The monoisotopic (exact) mass is 258 g/mol. The molecule has 0 amide bonds. The molecule has 0 atom stereocenters. The van der Waals surface area contributed by atoms with Gasteiger partial charge in [0.25, 0.3) is 0 Å². The molecular weight excluding hydrogens is 244 g/mol. The van der Waals surface area contributed by atoms with Crippen molar-refractivity contribution in [3.63, 3.8) is 0 Å². The molecule has 0 radical (unpaired) electrons. The number of rotatable bonds is 3. The topological polar surface area (TPSA) is 26.3 Å². The van der Waals surface area contributed by atoms with Gasteiger partial charge in [-0.05, 0) is 32.3 Å². The predicted molar refractivity (Wildman–Crippen MR) is 60.4 cm³/mol. The van der Waals surface area contributed by atoms with Gasteiger partial charge in [0, 0.05) is 5.33 Å². The maximum absolute atomic E-state index is 11.6. The van der Waals surface area contributed by atoms with Gasteiger partial charge in [0.05, 0.1) is 11.7 Å². The maximum atomic E-state index is 11.6. The molecule has 1 aliphatic carbocycles. The van der Waals surface area contributed by atoms with Crippen LogP contribution in [0.25, 0.3) is 0 Å². The SMILES string of the molecule is CC(C)OC(=O)C1=CCCC=C1CBr. The van der Waals surface area contributed by atoms with Crippen LogP contribution in [0.2, 0.25) is 0 Å². The second kappa shape index (κ2) is 5.35. The lowest BCUT2D eigenvalue weighted by Crippen LogP contribution is -2.16. The van der Waals surface area contributed by atoms with Crippen LogP contribution in [0.15, 0.2) is 23.3 Å². The fourth-order valence-corrected chi connectivity index (χ4v) is 1.88. The fraction of sp³-hybridized carbons (Fsp3) is 0.545. The molecule has 0 fully saturated rings. The third-order valence-corrected chi connectivity index (χ3v) is 2.56. The van der Waals surface area contributed by atoms with E-state index < -0.39 is 0 Å². The third-order valence-electron chi connectivity index (χ3n) is 1.96. The Bertz CT molecular complexity index is 277. The van der Waals surface area contributed by atoms with Crippen LogP contribution in [-0.4, -0.2) is 17.4 Å². The smallest absolute Gasteiger partial charge is 0.338 e. The highest BCUT2D eigenvalue weighted by molar-refractivity contribution is 9.09. The fourth-order valence-electron chi connectivity index (χ4n) is 1.34. The van der Waals surface area contributed by atoms with Gasteiger partial charge in [0.2, 0.25) is 0 Å². The van der Waals surface area contributed by atoms with Crippen molar-refractivity contribution < 1.29 is 9.53 Å². The Balaban J connectivity index is 2.71. The molecule has 1 rings (SSSR count). The minimum atomic E-state index is -0.203. The maximum Gasteiger partial charge on any atom is 0.338 e. The summed E-state index contributed by atoms with van der Waals surface area (Å²) in [7, 11) is 0. The molecule has 0 N–H and O–H groups in total. The standard InChI is InChI=1S/C11H15BrO2/c1-8(2)14-11(13)10-6-4-3-5-9(10)7-12/h5-6,8H,3-4,7H2,1-2H3. The number of halogens is 1. The molecular formula is C11H15BrO2. The molecule has 0 aromatic carbocycles. The number of allylic oxidation sites excluding steroid dienone is 2. The molecule has 78 valence electrons. The summed E-state index contributed by atoms with van der Waals surface area (Å²) in [6, 6.07) is 0. The van der Waals surface area contributed by atoms with Gasteiger partial charge in [-0.25, -0.2) is 4.79 Å². The lowest BCUT2D eigenvalue weighted by Gasteiger charge is -2.15. The van der Waals surface area contributed by atoms with E-state index >= 15 is 0 Å². The molecule has 0 spiro atoms. The van der Waals surface area contributed by atoms with Crippen molar-refractivity contribution in [2.45, 2.75) is 32.8 Å². The van der Waals surface area contributed by atoms with Crippen LogP contribution < -0.4 is 0 Å². The van der Waals surface area contributed by atoms with Gasteiger partial charge >= 0.3 is 5.97 Å². The van der Waals surface area contributed by atoms with Crippen molar-refractivity contribution in [3.05, 3.63) is 23.3 Å². The van der Waals surface area contributed by atoms with Crippen molar-refractivity contribution in [1.82, 2.24) is 0 Å². The van der Waals surface area contributed by atoms with Gasteiger partial charge in [0.1, 0.15) is 0 Å². The number of hydrogen-bond acceptors (Lipinski definition) is 2. The van der Waals surface area contributed by atoms with Crippen LogP contribution in [0.1, 0.15) is 26.7 Å². The molecule has 0 bridgehead atoms. The Morgan fingerprint density at radius 2 is 2.14 bits per heavy atom. The summed E-state index contributed by atoms with van der Waals surface area (Å²) in [6.07, 6.45) is 5.94. The number of hydrogen-bond donors (Lipinski definition) is 0. The molecule has 0 heterocycles. The van der Waals surface area contributed by atoms with Crippen LogP contribution in [0.3, 0.4) is 0 Å². The highest BCUT2D eigenvalue weighted by Gasteiger charge is 2.17. The quantitative estimate of drug-likeness (QED) is 0.575. The van der Waals surface area contributed by atoms with E-state index in [-0.39, 0.29) is 12.1 Å². The Kier molecular flexibility index (Phi) is 4.39. The molecule has 3 heteroatoms. The van der Waals surface area contributed by atoms with Crippen LogP contribution in [0, 0.1) is 0 Å². The van der Waals surface area contributed by atoms with E-state index in [4.69, 9.17) is 4.74 Å². The van der Waals surface area contributed by atoms with Gasteiger partial charge in [-0.3, -0.25) is 0 Å². The molecule has 0 saturated heterocycles. The van der Waals surface area contributed by atoms with Crippen LogP contribution in [-0.2, 0) is 9.53 Å². The first kappa shape index (κ1) is 11.5. The van der Waals surface area contributed by atoms with Crippen LogP contribution in [0.5, 0.6) is 0 Å². The van der Waals surface area contributed by atoms with Crippen LogP contribution in [0.4, 0.5) is 0 Å². The second-order valence-electron chi connectivity index (χ2n) is 3.51. The van der Waals surface area contributed by atoms with Gasteiger partial charge in [-0.15, -0.1) is 0 Å². The summed E-state index contributed by atoms with van der Waals surface area (Å²) in [5, 5.41) is 0.714. The Morgan fingerprint density at radius 1 is 1.50 bits per heavy atom. The predicted octanol–water partition coefficient (Wildman–Crippen LogP) is 2.98. The summed E-state index contributed by atoms with van der Waals surface area (Å²) in [4.78, 5) is 11.6. The van der Waals surface area contributed by atoms with Crippen LogP contribution >= 0.6 is 15.9 Å². The number of esters is 1. The summed E-state index contributed by atoms with van der Waals surface area (Å²) in [6.45, 7) is 3.72. The molecule has 0 unspecified atom stereocenters. The lowest BCUT2D eigenvalue weighted by molar-refractivity contribution is -0.142. The van der Waals surface area contributed by atoms with E-state index in [0.717, 1.165) is 24.0 Å². The van der Waals surface area contributed by atoms with E-state index in [0.29, 0.717) is 5.33 Å². The Hall–Kier alpha value is -0.570. The highest BCUT2D eigenvalue weighted by Crippen LogP contribution is 2.22. The zero-order valence-corrected chi connectivity index (χ0v) is 10.1. The zero-order chi connectivity index (χ0) is 10.6. The number of alkyl halides is 1. The van der Waals surface area contributed by atoms with Crippen molar-refractivity contribution in [3.8, 4) is 0 Å². The van der Waals surface area contributed by atoms with Crippen molar-refractivity contribution in [1.29, 1.82) is 0 Å². The second-order valence-corrected chi connectivity index (χ2v) is 4.07. The number of carbonyl (C=O) groups excluding carboxylic acids is 1. The molecule has 0 saturated carbocycles. The molecule has 0 aromatic heterocycles. The third kappa shape index (κ3) is 2.98. The normalized spacial score (nSPS) is 16.3. The summed E-state index contributed by atoms with van der Waals surface area (Å²) in [5.41, 5.74) is 1.77. The lowest BCUT2D eigenvalue weighted by atomic mass is 9.99. The van der Waals surface area contributed by atoms with Crippen molar-refractivity contribution in [2.75, 3.05) is 5.33 Å². The molecule has 0 aromatic rings. The van der Waals surface area contributed by atoms with Crippen molar-refractivity contribution >= 4 is 21.9 Å². The van der Waals surface area contributed by atoms with E-state index in [1.54, 1.807) is 0 Å². The van der Waals surface area contributed by atoms with E-state index in [1.165, 1.54) is 0 Å². The van der Waals surface area contributed by atoms with Gasteiger partial charge in [0.15, 0.2) is 0 Å². The average Bonchev–Trinajstić information content (AvgIpc) is 2.16. The molecule has 14 heavy (non-hydrogen) atoms. The van der Waals surface area contributed by atoms with Gasteiger partial charge < -0.3 is 4.74 Å².